The van der Waals surface area contributed by atoms with Crippen molar-refractivity contribution in [2.45, 2.75) is 25.8 Å². The van der Waals surface area contributed by atoms with Gasteiger partial charge in [0.25, 0.3) is 0 Å². The van der Waals surface area contributed by atoms with Crippen LogP contribution in [0.5, 0.6) is 5.75 Å². The van der Waals surface area contributed by atoms with E-state index in [4.69, 9.17) is 4.74 Å². The number of fused-ring (bicyclic) bond motifs is 1. The molecule has 1 N–H and O–H groups in total. The van der Waals surface area contributed by atoms with E-state index in [-0.39, 0.29) is 0 Å². The number of nitrogens with one attached hydrogen (secondary N) is 1. The molecule has 2 aromatic rings. The van der Waals surface area contributed by atoms with Crippen LogP contribution < -0.4 is 10.1 Å². The van der Waals surface area contributed by atoms with E-state index in [0.717, 1.165) is 24.4 Å². The molecule has 0 saturated heterocycles. The molecule has 1 aromatic carbocycles. The van der Waals surface area contributed by atoms with Crippen molar-refractivity contribution in [2.75, 3.05) is 11.9 Å². The van der Waals surface area contributed by atoms with Gasteiger partial charge in [0.2, 0.25) is 0 Å². The predicted molar refractivity (Wildman–Crippen MR) is 76.7 cm³/mol. The first-order valence-electron chi connectivity index (χ1n) is 6.77. The van der Waals surface area contributed by atoms with E-state index >= 15 is 0 Å². The maximum Gasteiger partial charge on any atom is 0.129 e. The Kier molecular flexibility index (Phi) is 3.36. The Morgan fingerprint density at radius 2 is 1.95 bits per heavy atom. The van der Waals surface area contributed by atoms with Crippen molar-refractivity contribution in [3.05, 3.63) is 53.7 Å². The Labute approximate surface area is 113 Å². The van der Waals surface area contributed by atoms with Gasteiger partial charge < -0.3 is 10.1 Å². The van der Waals surface area contributed by atoms with Crippen molar-refractivity contribution >= 4 is 5.82 Å². The minimum Gasteiger partial charge on any atom is -0.494 e. The van der Waals surface area contributed by atoms with Crippen LogP contribution in [0, 0.1) is 0 Å². The Morgan fingerprint density at radius 1 is 1.21 bits per heavy atom. The van der Waals surface area contributed by atoms with Crippen LogP contribution >= 0.6 is 0 Å². The van der Waals surface area contributed by atoms with Crippen LogP contribution in [0.25, 0.3) is 0 Å². The second-order valence-corrected chi connectivity index (χ2v) is 4.83. The van der Waals surface area contributed by atoms with Crippen molar-refractivity contribution in [1.82, 2.24) is 4.98 Å². The number of benzene rings is 1. The summed E-state index contributed by atoms with van der Waals surface area (Å²) in [6, 6.07) is 12.9. The fraction of sp³-hybridized carbons (Fsp3) is 0.312. The summed E-state index contributed by atoms with van der Waals surface area (Å²) in [6.07, 6.45) is 3.92. The number of ether oxygens (including phenoxy) is 1. The molecule has 0 bridgehead atoms. The summed E-state index contributed by atoms with van der Waals surface area (Å²) >= 11 is 0. The first-order chi connectivity index (χ1) is 9.35. The minimum atomic E-state index is 0.432. The van der Waals surface area contributed by atoms with Gasteiger partial charge in [-0.15, -0.1) is 0 Å². The van der Waals surface area contributed by atoms with Gasteiger partial charge in [-0.3, -0.25) is 0 Å². The molecule has 19 heavy (non-hydrogen) atoms. The molecule has 3 rings (SSSR count). The normalized spacial score (nSPS) is 14.2. The van der Waals surface area contributed by atoms with Gasteiger partial charge >= 0.3 is 0 Å². The third kappa shape index (κ3) is 2.70. The first kappa shape index (κ1) is 12.0. The molecular weight excluding hydrogens is 236 g/mol. The lowest BCUT2D eigenvalue weighted by atomic mass is 10.1. The lowest BCUT2D eigenvalue weighted by Gasteiger charge is -2.13. The molecule has 0 radical (unpaired) electrons. The largest absolute Gasteiger partial charge is 0.494 e. The molecule has 0 aliphatic heterocycles. The van der Waals surface area contributed by atoms with E-state index in [9.17, 15) is 0 Å². The summed E-state index contributed by atoms with van der Waals surface area (Å²) in [4.78, 5) is 4.36. The van der Waals surface area contributed by atoms with Gasteiger partial charge in [0.1, 0.15) is 11.6 Å². The van der Waals surface area contributed by atoms with Crippen molar-refractivity contribution < 1.29 is 4.74 Å². The molecule has 3 nitrogen and oxygen atoms in total. The van der Waals surface area contributed by atoms with Gasteiger partial charge in [0, 0.05) is 18.3 Å². The molecule has 0 atom stereocenters. The number of rotatable bonds is 4. The van der Waals surface area contributed by atoms with Gasteiger partial charge in [-0.05, 0) is 37.0 Å². The van der Waals surface area contributed by atoms with Crippen molar-refractivity contribution in [1.29, 1.82) is 0 Å². The zero-order valence-corrected chi connectivity index (χ0v) is 11.1. The summed E-state index contributed by atoms with van der Waals surface area (Å²) in [6.45, 7) is 2.67. The van der Waals surface area contributed by atoms with Gasteiger partial charge in [0.15, 0.2) is 0 Å². The minimum absolute atomic E-state index is 0.432. The van der Waals surface area contributed by atoms with Crippen LogP contribution in [-0.4, -0.2) is 17.6 Å². The summed E-state index contributed by atoms with van der Waals surface area (Å²) < 4.78 is 5.49. The van der Waals surface area contributed by atoms with E-state index in [1.807, 2.05) is 19.1 Å². The lowest BCUT2D eigenvalue weighted by molar-refractivity contribution is 0.340. The number of anilines is 1. The third-order valence-electron chi connectivity index (χ3n) is 3.45. The SMILES string of the molecule is CCOc1ccnc(NC2Cc3ccccc3C2)c1. The standard InChI is InChI=1S/C16H18N2O/c1-2-19-15-7-8-17-16(11-15)18-14-9-12-5-3-4-6-13(12)10-14/h3-8,11,14H,2,9-10H2,1H3,(H,17,18). The number of pyridine rings is 1. The average molecular weight is 254 g/mol. The van der Waals surface area contributed by atoms with Gasteiger partial charge in [-0.1, -0.05) is 24.3 Å². The lowest BCUT2D eigenvalue weighted by Crippen LogP contribution is -2.20. The molecule has 1 aliphatic carbocycles. The highest BCUT2D eigenvalue weighted by atomic mass is 16.5. The Bertz CT molecular complexity index is 543. The monoisotopic (exact) mass is 254 g/mol. The molecule has 0 amide bonds. The number of aromatic nitrogens is 1. The molecule has 0 unspecified atom stereocenters. The topological polar surface area (TPSA) is 34.1 Å². The molecule has 0 spiro atoms. The summed E-state index contributed by atoms with van der Waals surface area (Å²) in [5, 5.41) is 3.50. The third-order valence-corrected chi connectivity index (χ3v) is 3.45. The van der Waals surface area contributed by atoms with Crippen LogP contribution in [-0.2, 0) is 12.8 Å². The summed E-state index contributed by atoms with van der Waals surface area (Å²) in [7, 11) is 0. The van der Waals surface area contributed by atoms with Crippen molar-refractivity contribution in [3.63, 3.8) is 0 Å². The van der Waals surface area contributed by atoms with Crippen LogP contribution in [0.2, 0.25) is 0 Å². The highest BCUT2D eigenvalue weighted by Crippen LogP contribution is 2.24. The Morgan fingerprint density at radius 3 is 2.63 bits per heavy atom. The Balaban J connectivity index is 1.69. The second kappa shape index (κ2) is 5.31. The number of nitrogens with zero attached hydrogens (tertiary/aromatic N) is 1. The molecular formula is C16H18N2O. The smallest absolute Gasteiger partial charge is 0.129 e. The molecule has 98 valence electrons. The molecule has 1 aliphatic rings. The van der Waals surface area contributed by atoms with E-state index in [2.05, 4.69) is 34.6 Å². The molecule has 3 heteroatoms. The molecule has 0 saturated carbocycles. The highest BCUT2D eigenvalue weighted by Gasteiger charge is 2.20. The molecule has 1 aromatic heterocycles. The molecule has 1 heterocycles. The fourth-order valence-corrected chi connectivity index (χ4v) is 2.62. The maximum absolute atomic E-state index is 5.49. The summed E-state index contributed by atoms with van der Waals surface area (Å²) in [5.74, 6) is 1.76. The maximum atomic E-state index is 5.49. The predicted octanol–water partition coefficient (Wildman–Crippen LogP) is 3.06. The summed E-state index contributed by atoms with van der Waals surface area (Å²) in [5.41, 5.74) is 2.89. The fourth-order valence-electron chi connectivity index (χ4n) is 2.62. The molecule has 0 fully saturated rings. The van der Waals surface area contributed by atoms with Gasteiger partial charge in [-0.25, -0.2) is 4.98 Å². The van der Waals surface area contributed by atoms with E-state index < -0.39 is 0 Å². The first-order valence-corrected chi connectivity index (χ1v) is 6.77. The van der Waals surface area contributed by atoms with Gasteiger partial charge in [-0.2, -0.15) is 0 Å². The van der Waals surface area contributed by atoms with Crippen LogP contribution in [0.4, 0.5) is 5.82 Å². The van der Waals surface area contributed by atoms with Crippen LogP contribution in [0.15, 0.2) is 42.6 Å². The zero-order chi connectivity index (χ0) is 13.1. The van der Waals surface area contributed by atoms with E-state index in [1.54, 1.807) is 6.20 Å². The average Bonchev–Trinajstić information content (AvgIpc) is 2.81. The zero-order valence-electron chi connectivity index (χ0n) is 11.1. The Hall–Kier alpha value is -2.03. The van der Waals surface area contributed by atoms with Crippen LogP contribution in [0.3, 0.4) is 0 Å². The van der Waals surface area contributed by atoms with Crippen molar-refractivity contribution in [2.24, 2.45) is 0 Å². The highest BCUT2D eigenvalue weighted by molar-refractivity contribution is 5.44. The van der Waals surface area contributed by atoms with Crippen molar-refractivity contribution in [3.8, 4) is 5.75 Å². The second-order valence-electron chi connectivity index (χ2n) is 4.83. The van der Waals surface area contributed by atoms with E-state index in [0.29, 0.717) is 12.6 Å². The van der Waals surface area contributed by atoms with Crippen LogP contribution in [0.1, 0.15) is 18.1 Å². The quantitative estimate of drug-likeness (QED) is 0.910. The number of hydrogen-bond acceptors (Lipinski definition) is 3. The number of hydrogen-bond donors (Lipinski definition) is 1. The van der Waals surface area contributed by atoms with E-state index in [1.165, 1.54) is 11.1 Å². The van der Waals surface area contributed by atoms with Gasteiger partial charge in [0.05, 0.1) is 6.61 Å².